The third kappa shape index (κ3) is 3.09. The number of nitrogens with zero attached hydrogens (tertiary/aromatic N) is 1. The fraction of sp³-hybridized carbons (Fsp3) is 0.882. The number of amides is 2. The Bertz CT molecular complexity index is 384. The average Bonchev–Trinajstić information content (AvgIpc) is 2.50. The summed E-state index contributed by atoms with van der Waals surface area (Å²) in [7, 11) is 0. The molecule has 120 valence electrons. The first kappa shape index (κ1) is 16.3. The maximum Gasteiger partial charge on any atom is 0.249 e. The van der Waals surface area contributed by atoms with Crippen molar-refractivity contribution < 1.29 is 9.59 Å². The van der Waals surface area contributed by atoms with Crippen LogP contribution in [0.3, 0.4) is 0 Å². The summed E-state index contributed by atoms with van der Waals surface area (Å²) in [6.45, 7) is 7.07. The maximum absolute atomic E-state index is 13.1. The molecule has 0 aromatic carbocycles. The van der Waals surface area contributed by atoms with Crippen LogP contribution in [-0.2, 0) is 9.59 Å². The number of carbonyl (C=O) groups is 2. The van der Waals surface area contributed by atoms with Gasteiger partial charge in [-0.25, -0.2) is 0 Å². The highest BCUT2D eigenvalue weighted by molar-refractivity contribution is 5.99. The number of rotatable bonds is 5. The van der Waals surface area contributed by atoms with Gasteiger partial charge in [-0.1, -0.05) is 52.9 Å². The first-order chi connectivity index (χ1) is 10.1. The molecule has 4 heteroatoms. The van der Waals surface area contributed by atoms with Crippen LogP contribution in [0, 0.1) is 5.92 Å². The largest absolute Gasteiger partial charge is 0.340 e. The standard InChI is InChI=1S/C17H30N2O2/c1-4-13(5-2)12-19-14(6-3)15(20)18-17(16(19)21)10-8-7-9-11-17/h13-14H,4-12H2,1-3H3,(H,18,20). The Morgan fingerprint density at radius 2 is 1.76 bits per heavy atom. The fourth-order valence-electron chi connectivity index (χ4n) is 3.87. The van der Waals surface area contributed by atoms with Crippen LogP contribution in [0.5, 0.6) is 0 Å². The minimum absolute atomic E-state index is 0.0601. The molecular weight excluding hydrogens is 264 g/mol. The summed E-state index contributed by atoms with van der Waals surface area (Å²) in [6, 6.07) is -0.273. The van der Waals surface area contributed by atoms with Gasteiger partial charge < -0.3 is 10.2 Å². The monoisotopic (exact) mass is 294 g/mol. The highest BCUT2D eigenvalue weighted by atomic mass is 16.2. The van der Waals surface area contributed by atoms with Gasteiger partial charge in [0.15, 0.2) is 0 Å². The summed E-state index contributed by atoms with van der Waals surface area (Å²) in [4.78, 5) is 27.5. The van der Waals surface area contributed by atoms with Gasteiger partial charge in [0.25, 0.3) is 0 Å². The zero-order valence-corrected chi connectivity index (χ0v) is 13.8. The molecule has 0 bridgehead atoms. The zero-order valence-electron chi connectivity index (χ0n) is 13.8. The molecule has 1 saturated carbocycles. The van der Waals surface area contributed by atoms with E-state index in [1.54, 1.807) is 0 Å². The molecule has 0 radical (unpaired) electrons. The molecule has 1 atom stereocenters. The van der Waals surface area contributed by atoms with Crippen LogP contribution >= 0.6 is 0 Å². The number of hydrogen-bond donors (Lipinski definition) is 1. The van der Waals surface area contributed by atoms with Crippen LogP contribution < -0.4 is 5.32 Å². The maximum atomic E-state index is 13.1. The molecule has 0 aromatic heterocycles. The predicted molar refractivity (Wildman–Crippen MR) is 83.8 cm³/mol. The van der Waals surface area contributed by atoms with Crippen molar-refractivity contribution in [3.8, 4) is 0 Å². The summed E-state index contributed by atoms with van der Waals surface area (Å²) in [5.74, 6) is 0.736. The van der Waals surface area contributed by atoms with E-state index in [0.717, 1.165) is 45.1 Å². The summed E-state index contributed by atoms with van der Waals surface area (Å²) < 4.78 is 0. The number of hydrogen-bond acceptors (Lipinski definition) is 2. The zero-order chi connectivity index (χ0) is 15.5. The van der Waals surface area contributed by atoms with E-state index >= 15 is 0 Å². The second kappa shape index (κ2) is 6.80. The van der Waals surface area contributed by atoms with Gasteiger partial charge in [0.2, 0.25) is 11.8 Å². The minimum atomic E-state index is -0.590. The smallest absolute Gasteiger partial charge is 0.249 e. The molecular formula is C17H30N2O2. The Balaban J connectivity index is 2.23. The summed E-state index contributed by atoms with van der Waals surface area (Å²) in [6.07, 6.45) is 7.71. The summed E-state index contributed by atoms with van der Waals surface area (Å²) in [5, 5.41) is 3.09. The van der Waals surface area contributed by atoms with E-state index in [1.165, 1.54) is 6.42 Å². The van der Waals surface area contributed by atoms with Crippen molar-refractivity contribution in [2.24, 2.45) is 5.92 Å². The van der Waals surface area contributed by atoms with E-state index in [-0.39, 0.29) is 17.9 Å². The van der Waals surface area contributed by atoms with E-state index in [0.29, 0.717) is 12.3 Å². The molecule has 1 saturated heterocycles. The second-order valence-electron chi connectivity index (χ2n) is 6.70. The molecule has 1 N–H and O–H groups in total. The second-order valence-corrected chi connectivity index (χ2v) is 6.70. The number of piperazine rings is 1. The normalized spacial score (nSPS) is 25.5. The van der Waals surface area contributed by atoms with Gasteiger partial charge in [-0.05, 0) is 25.2 Å². The summed E-state index contributed by atoms with van der Waals surface area (Å²) >= 11 is 0. The van der Waals surface area contributed by atoms with Gasteiger partial charge in [-0.15, -0.1) is 0 Å². The van der Waals surface area contributed by atoms with Crippen LogP contribution in [0.1, 0.15) is 72.1 Å². The van der Waals surface area contributed by atoms with E-state index in [4.69, 9.17) is 0 Å². The molecule has 2 amide bonds. The fourth-order valence-corrected chi connectivity index (χ4v) is 3.87. The van der Waals surface area contributed by atoms with Crippen LogP contribution in [0.25, 0.3) is 0 Å². The van der Waals surface area contributed by atoms with Crippen molar-refractivity contribution in [2.45, 2.75) is 83.7 Å². The average molecular weight is 294 g/mol. The molecule has 2 fully saturated rings. The van der Waals surface area contributed by atoms with Crippen molar-refractivity contribution in [3.05, 3.63) is 0 Å². The van der Waals surface area contributed by atoms with Crippen LogP contribution in [-0.4, -0.2) is 34.8 Å². The van der Waals surface area contributed by atoms with Crippen molar-refractivity contribution in [1.82, 2.24) is 10.2 Å². The molecule has 21 heavy (non-hydrogen) atoms. The SMILES string of the molecule is CCC(CC)CN1C(=O)C2(CCCCC2)NC(=O)C1CC. The lowest BCUT2D eigenvalue weighted by Gasteiger charge is -2.48. The van der Waals surface area contributed by atoms with Crippen LogP contribution in [0.4, 0.5) is 0 Å². The minimum Gasteiger partial charge on any atom is -0.340 e. The molecule has 4 nitrogen and oxygen atoms in total. The molecule has 0 aromatic rings. The van der Waals surface area contributed by atoms with Gasteiger partial charge in [0, 0.05) is 6.54 Å². The lowest BCUT2D eigenvalue weighted by atomic mass is 9.78. The highest BCUT2D eigenvalue weighted by Gasteiger charge is 2.50. The third-order valence-electron chi connectivity index (χ3n) is 5.41. The van der Waals surface area contributed by atoms with Crippen molar-refractivity contribution >= 4 is 11.8 Å². The van der Waals surface area contributed by atoms with Crippen LogP contribution in [0.15, 0.2) is 0 Å². The number of nitrogens with one attached hydrogen (secondary N) is 1. The topological polar surface area (TPSA) is 49.4 Å². The molecule has 1 heterocycles. The van der Waals surface area contributed by atoms with E-state index in [1.807, 2.05) is 11.8 Å². The van der Waals surface area contributed by atoms with Crippen molar-refractivity contribution in [2.75, 3.05) is 6.54 Å². The molecule has 1 spiro atoms. The summed E-state index contributed by atoms with van der Waals surface area (Å²) in [5.41, 5.74) is -0.590. The van der Waals surface area contributed by atoms with Gasteiger partial charge >= 0.3 is 0 Å². The third-order valence-corrected chi connectivity index (χ3v) is 5.41. The Morgan fingerprint density at radius 1 is 1.14 bits per heavy atom. The van der Waals surface area contributed by atoms with Crippen LogP contribution in [0.2, 0.25) is 0 Å². The van der Waals surface area contributed by atoms with Crippen molar-refractivity contribution in [3.63, 3.8) is 0 Å². The van der Waals surface area contributed by atoms with Crippen molar-refractivity contribution in [1.29, 1.82) is 0 Å². The van der Waals surface area contributed by atoms with Gasteiger partial charge in [0.1, 0.15) is 11.6 Å². The Labute approximate surface area is 128 Å². The lowest BCUT2D eigenvalue weighted by Crippen LogP contribution is -2.71. The van der Waals surface area contributed by atoms with E-state index in [2.05, 4.69) is 19.2 Å². The van der Waals surface area contributed by atoms with E-state index < -0.39 is 5.54 Å². The number of carbonyl (C=O) groups excluding carboxylic acids is 2. The lowest BCUT2D eigenvalue weighted by molar-refractivity contribution is -0.157. The quantitative estimate of drug-likeness (QED) is 0.847. The first-order valence-corrected chi connectivity index (χ1v) is 8.71. The highest BCUT2D eigenvalue weighted by Crippen LogP contribution is 2.34. The Kier molecular flexibility index (Phi) is 5.28. The predicted octanol–water partition coefficient (Wildman–Crippen LogP) is 2.86. The molecule has 1 aliphatic heterocycles. The van der Waals surface area contributed by atoms with Gasteiger partial charge in [-0.3, -0.25) is 9.59 Å². The van der Waals surface area contributed by atoms with Gasteiger partial charge in [-0.2, -0.15) is 0 Å². The van der Waals surface area contributed by atoms with Gasteiger partial charge in [0.05, 0.1) is 0 Å². The molecule has 2 aliphatic rings. The first-order valence-electron chi connectivity index (χ1n) is 8.71. The molecule has 2 rings (SSSR count). The molecule has 1 unspecified atom stereocenters. The Morgan fingerprint density at radius 3 is 2.29 bits per heavy atom. The molecule has 1 aliphatic carbocycles. The Hall–Kier alpha value is -1.06. The van der Waals surface area contributed by atoms with E-state index in [9.17, 15) is 9.59 Å².